The maximum atomic E-state index is 12.0. The van der Waals surface area contributed by atoms with Gasteiger partial charge >= 0.3 is 6.18 Å². The van der Waals surface area contributed by atoms with E-state index in [-0.39, 0.29) is 12.5 Å². The minimum absolute atomic E-state index is 0.205. The summed E-state index contributed by atoms with van der Waals surface area (Å²) in [7, 11) is 0. The molecule has 0 atom stereocenters. The first-order chi connectivity index (χ1) is 9.37. The molecule has 20 heavy (non-hydrogen) atoms. The Hall–Kier alpha value is -2.09. The molecular weight excluding hydrogens is 275 g/mol. The summed E-state index contributed by atoms with van der Waals surface area (Å²) in [6.45, 7) is -1.94. The minimum Gasteiger partial charge on any atom is -0.323 e. The predicted octanol–water partition coefficient (Wildman–Crippen LogP) is 1.12. The van der Waals surface area contributed by atoms with Crippen LogP contribution in [0.5, 0.6) is 0 Å². The summed E-state index contributed by atoms with van der Waals surface area (Å²) in [5, 5.41) is 4.61. The van der Waals surface area contributed by atoms with Gasteiger partial charge in [-0.3, -0.25) is 14.5 Å². The quantitative estimate of drug-likeness (QED) is 0.876. The van der Waals surface area contributed by atoms with E-state index < -0.39 is 25.2 Å². The van der Waals surface area contributed by atoms with Crippen molar-refractivity contribution in [2.75, 3.05) is 29.9 Å². The fourth-order valence-electron chi connectivity index (χ4n) is 1.86. The molecule has 0 saturated heterocycles. The molecule has 1 aromatic carbocycles. The molecule has 1 heterocycles. The normalized spacial score (nSPS) is 14.8. The first kappa shape index (κ1) is 14.3. The van der Waals surface area contributed by atoms with Gasteiger partial charge in [-0.25, -0.2) is 0 Å². The Morgan fingerprint density at radius 2 is 2.05 bits per heavy atom. The molecule has 1 aromatic rings. The Balaban J connectivity index is 2.05. The molecule has 2 amide bonds. The molecule has 2 rings (SSSR count). The molecule has 0 aromatic heterocycles. The summed E-state index contributed by atoms with van der Waals surface area (Å²) in [6.07, 6.45) is -4.38. The SMILES string of the molecule is O=C1CN(C(=O)CNCC(F)(F)F)c2ccccc2N1. The zero-order valence-corrected chi connectivity index (χ0v) is 10.3. The summed E-state index contributed by atoms with van der Waals surface area (Å²) < 4.78 is 36.0. The highest BCUT2D eigenvalue weighted by molar-refractivity contribution is 6.10. The number of nitrogens with one attached hydrogen (secondary N) is 2. The molecule has 1 aliphatic rings. The van der Waals surface area contributed by atoms with E-state index in [1.807, 2.05) is 5.32 Å². The van der Waals surface area contributed by atoms with E-state index in [9.17, 15) is 22.8 Å². The molecule has 0 aliphatic carbocycles. The number of alkyl halides is 3. The van der Waals surface area contributed by atoms with Gasteiger partial charge in [0.1, 0.15) is 6.54 Å². The van der Waals surface area contributed by atoms with Gasteiger partial charge in [-0.05, 0) is 12.1 Å². The Labute approximate surface area is 112 Å². The van der Waals surface area contributed by atoms with E-state index in [0.717, 1.165) is 4.90 Å². The molecule has 5 nitrogen and oxygen atoms in total. The molecule has 0 radical (unpaired) electrons. The van der Waals surface area contributed by atoms with Crippen molar-refractivity contribution in [3.63, 3.8) is 0 Å². The lowest BCUT2D eigenvalue weighted by molar-refractivity contribution is -0.128. The number of rotatable bonds is 3. The van der Waals surface area contributed by atoms with Crippen molar-refractivity contribution in [3.05, 3.63) is 24.3 Å². The monoisotopic (exact) mass is 287 g/mol. The first-order valence-corrected chi connectivity index (χ1v) is 5.83. The van der Waals surface area contributed by atoms with Crippen LogP contribution in [0, 0.1) is 0 Å². The lowest BCUT2D eigenvalue weighted by Crippen LogP contribution is -2.46. The highest BCUT2D eigenvalue weighted by atomic mass is 19.4. The van der Waals surface area contributed by atoms with Crippen LogP contribution in [0.2, 0.25) is 0 Å². The lowest BCUT2D eigenvalue weighted by atomic mass is 10.2. The van der Waals surface area contributed by atoms with Crippen LogP contribution < -0.4 is 15.5 Å². The van der Waals surface area contributed by atoms with E-state index in [1.165, 1.54) is 0 Å². The smallest absolute Gasteiger partial charge is 0.323 e. The fourth-order valence-corrected chi connectivity index (χ4v) is 1.86. The number of hydrogen-bond donors (Lipinski definition) is 2. The van der Waals surface area contributed by atoms with Crippen molar-refractivity contribution >= 4 is 23.2 Å². The summed E-state index contributed by atoms with van der Waals surface area (Å²) in [6, 6.07) is 6.61. The van der Waals surface area contributed by atoms with Gasteiger partial charge in [-0.2, -0.15) is 13.2 Å². The van der Waals surface area contributed by atoms with Gasteiger partial charge in [0.15, 0.2) is 0 Å². The van der Waals surface area contributed by atoms with Crippen molar-refractivity contribution < 1.29 is 22.8 Å². The first-order valence-electron chi connectivity index (χ1n) is 5.83. The number of amides is 2. The third-order valence-electron chi connectivity index (χ3n) is 2.67. The number of hydrogen-bond acceptors (Lipinski definition) is 3. The van der Waals surface area contributed by atoms with E-state index in [0.29, 0.717) is 11.4 Å². The molecule has 2 N–H and O–H groups in total. The third-order valence-corrected chi connectivity index (χ3v) is 2.67. The number of carbonyl (C=O) groups is 2. The fraction of sp³-hybridized carbons (Fsp3) is 0.333. The summed E-state index contributed by atoms with van der Waals surface area (Å²) in [5.41, 5.74) is 0.943. The van der Waals surface area contributed by atoms with Crippen molar-refractivity contribution in [1.82, 2.24) is 5.32 Å². The van der Waals surface area contributed by atoms with Crippen LogP contribution in [0.4, 0.5) is 24.5 Å². The number of fused-ring (bicyclic) bond motifs is 1. The van der Waals surface area contributed by atoms with E-state index >= 15 is 0 Å². The van der Waals surface area contributed by atoms with Gasteiger partial charge in [0.25, 0.3) is 0 Å². The lowest BCUT2D eigenvalue weighted by Gasteiger charge is -2.29. The number of para-hydroxylation sites is 2. The summed E-state index contributed by atoms with van der Waals surface area (Å²) in [4.78, 5) is 24.5. The molecule has 1 aliphatic heterocycles. The summed E-state index contributed by atoms with van der Waals surface area (Å²) >= 11 is 0. The van der Waals surface area contributed by atoms with Crippen LogP contribution in [-0.2, 0) is 9.59 Å². The van der Waals surface area contributed by atoms with Gasteiger partial charge in [-0.1, -0.05) is 12.1 Å². The second-order valence-corrected chi connectivity index (χ2v) is 4.26. The van der Waals surface area contributed by atoms with Crippen LogP contribution in [0.15, 0.2) is 24.3 Å². The number of anilines is 2. The standard InChI is InChI=1S/C12H12F3N3O2/c13-12(14,15)7-16-5-11(20)18-6-10(19)17-8-3-1-2-4-9(8)18/h1-4,16H,5-7H2,(H,17,19). The Morgan fingerprint density at radius 3 is 2.75 bits per heavy atom. The highest BCUT2D eigenvalue weighted by Crippen LogP contribution is 2.28. The molecular formula is C12H12F3N3O2. The van der Waals surface area contributed by atoms with Crippen LogP contribution in [0.1, 0.15) is 0 Å². The average molecular weight is 287 g/mol. The van der Waals surface area contributed by atoms with Gasteiger partial charge < -0.3 is 10.6 Å². The number of nitrogens with zero attached hydrogens (tertiary/aromatic N) is 1. The van der Waals surface area contributed by atoms with Crippen molar-refractivity contribution in [3.8, 4) is 0 Å². The van der Waals surface area contributed by atoms with Gasteiger partial charge in [0.2, 0.25) is 11.8 Å². The predicted molar refractivity (Wildman–Crippen MR) is 66.3 cm³/mol. The molecule has 0 saturated carbocycles. The summed E-state index contributed by atoms with van der Waals surface area (Å²) in [5.74, 6) is -0.968. The maximum Gasteiger partial charge on any atom is 0.401 e. The van der Waals surface area contributed by atoms with Crippen LogP contribution in [0.25, 0.3) is 0 Å². The molecule has 0 bridgehead atoms. The van der Waals surface area contributed by atoms with E-state index in [2.05, 4.69) is 5.32 Å². The largest absolute Gasteiger partial charge is 0.401 e. The van der Waals surface area contributed by atoms with Crippen LogP contribution >= 0.6 is 0 Å². The van der Waals surface area contributed by atoms with Gasteiger partial charge in [-0.15, -0.1) is 0 Å². The van der Waals surface area contributed by atoms with E-state index in [1.54, 1.807) is 24.3 Å². The second kappa shape index (κ2) is 5.49. The van der Waals surface area contributed by atoms with Crippen molar-refractivity contribution in [2.24, 2.45) is 0 Å². The van der Waals surface area contributed by atoms with Crippen molar-refractivity contribution in [1.29, 1.82) is 0 Å². The molecule has 8 heteroatoms. The second-order valence-electron chi connectivity index (χ2n) is 4.26. The zero-order valence-electron chi connectivity index (χ0n) is 10.3. The highest BCUT2D eigenvalue weighted by Gasteiger charge is 2.29. The Morgan fingerprint density at radius 1 is 1.35 bits per heavy atom. The van der Waals surface area contributed by atoms with Crippen LogP contribution in [-0.4, -0.2) is 37.6 Å². The molecule has 0 fully saturated rings. The number of halogens is 3. The number of carbonyl (C=O) groups excluding carboxylic acids is 2. The number of benzene rings is 1. The van der Waals surface area contributed by atoms with Gasteiger partial charge in [0.05, 0.1) is 24.5 Å². The third kappa shape index (κ3) is 3.47. The zero-order chi connectivity index (χ0) is 14.8. The Bertz CT molecular complexity index is 531. The Kier molecular flexibility index (Phi) is 3.93. The maximum absolute atomic E-state index is 12.0. The molecule has 108 valence electrons. The van der Waals surface area contributed by atoms with Crippen LogP contribution in [0.3, 0.4) is 0 Å². The van der Waals surface area contributed by atoms with Gasteiger partial charge in [0, 0.05) is 0 Å². The van der Waals surface area contributed by atoms with Crippen molar-refractivity contribution in [2.45, 2.75) is 6.18 Å². The van der Waals surface area contributed by atoms with E-state index in [4.69, 9.17) is 0 Å². The minimum atomic E-state index is -4.38. The molecule has 0 spiro atoms. The molecule has 0 unspecified atom stereocenters. The average Bonchev–Trinajstić information content (AvgIpc) is 2.36. The topological polar surface area (TPSA) is 61.4 Å².